The lowest BCUT2D eigenvalue weighted by Crippen LogP contribution is -2.40. The van der Waals surface area contributed by atoms with E-state index in [0.717, 1.165) is 18.5 Å². The number of carbonyl (C=O) groups is 1. The Hall–Kier alpha value is -1.61. The zero-order valence-electron chi connectivity index (χ0n) is 8.97. The molecule has 1 aromatic carbocycles. The Morgan fingerprint density at radius 1 is 1.31 bits per heavy atom. The maximum absolute atomic E-state index is 11.2. The van der Waals surface area contributed by atoms with Gasteiger partial charge in [-0.25, -0.2) is 0 Å². The second-order valence-corrected chi connectivity index (χ2v) is 3.92. The third-order valence-corrected chi connectivity index (χ3v) is 2.83. The highest BCUT2D eigenvalue weighted by atomic mass is 16.4. The van der Waals surface area contributed by atoms with E-state index >= 15 is 0 Å². The molecule has 0 radical (unpaired) electrons. The number of carboxylic acids is 1. The molecule has 0 spiro atoms. The summed E-state index contributed by atoms with van der Waals surface area (Å²) in [6.45, 7) is 0.719. The molecule has 0 aliphatic carbocycles. The zero-order chi connectivity index (χ0) is 11.4. The smallest absolute Gasteiger partial charge is 0.321 e. The Bertz CT molecular complexity index is 386. The van der Waals surface area contributed by atoms with Gasteiger partial charge in [0.2, 0.25) is 0 Å². The molecule has 3 nitrogen and oxygen atoms in total. The standard InChI is InChI=1S/C13H15NO2/c15-13(16)12-11(8-4-5-9-14-12)10-6-2-1-3-7-10/h1-4,6-8,11-12,14H,5,9H2,(H,15,16)/t11-,12+/m0/s1. The maximum atomic E-state index is 11.2. The monoisotopic (exact) mass is 217 g/mol. The zero-order valence-corrected chi connectivity index (χ0v) is 8.97. The van der Waals surface area contributed by atoms with Gasteiger partial charge in [0, 0.05) is 5.92 Å². The first-order valence-electron chi connectivity index (χ1n) is 5.47. The summed E-state index contributed by atoms with van der Waals surface area (Å²) >= 11 is 0. The highest BCUT2D eigenvalue weighted by molar-refractivity contribution is 5.75. The molecule has 0 amide bonds. The van der Waals surface area contributed by atoms with Crippen molar-refractivity contribution in [3.8, 4) is 0 Å². The summed E-state index contributed by atoms with van der Waals surface area (Å²) in [7, 11) is 0. The number of aliphatic carboxylic acids is 1. The van der Waals surface area contributed by atoms with Crippen LogP contribution in [-0.2, 0) is 4.79 Å². The van der Waals surface area contributed by atoms with Crippen molar-refractivity contribution in [2.75, 3.05) is 6.54 Å². The van der Waals surface area contributed by atoms with Crippen LogP contribution in [0.15, 0.2) is 42.5 Å². The summed E-state index contributed by atoms with van der Waals surface area (Å²) in [6, 6.07) is 9.23. The SMILES string of the molecule is O=C(O)[C@@H]1NCCC=C[C@H]1c1ccccc1. The summed E-state index contributed by atoms with van der Waals surface area (Å²) in [5.41, 5.74) is 1.04. The molecule has 2 atom stereocenters. The molecule has 0 fully saturated rings. The average molecular weight is 217 g/mol. The fraction of sp³-hybridized carbons (Fsp3) is 0.308. The predicted molar refractivity (Wildman–Crippen MR) is 62.4 cm³/mol. The van der Waals surface area contributed by atoms with Gasteiger partial charge in [0.25, 0.3) is 0 Å². The quantitative estimate of drug-likeness (QED) is 0.742. The molecule has 2 rings (SSSR count). The van der Waals surface area contributed by atoms with Crippen molar-refractivity contribution in [1.29, 1.82) is 0 Å². The molecular weight excluding hydrogens is 202 g/mol. The molecule has 0 saturated carbocycles. The van der Waals surface area contributed by atoms with Crippen molar-refractivity contribution in [3.63, 3.8) is 0 Å². The summed E-state index contributed by atoms with van der Waals surface area (Å²) in [4.78, 5) is 11.2. The van der Waals surface area contributed by atoms with Crippen LogP contribution in [0.5, 0.6) is 0 Å². The molecule has 1 heterocycles. The lowest BCUT2D eigenvalue weighted by atomic mass is 9.91. The Morgan fingerprint density at radius 2 is 2.06 bits per heavy atom. The van der Waals surface area contributed by atoms with E-state index in [1.807, 2.05) is 42.5 Å². The summed E-state index contributed by atoms with van der Waals surface area (Å²) in [5.74, 6) is -0.874. The molecule has 0 aromatic heterocycles. The Morgan fingerprint density at radius 3 is 2.75 bits per heavy atom. The first-order chi connectivity index (χ1) is 7.79. The van der Waals surface area contributed by atoms with Crippen LogP contribution in [0.25, 0.3) is 0 Å². The van der Waals surface area contributed by atoms with Gasteiger partial charge in [-0.15, -0.1) is 0 Å². The third-order valence-electron chi connectivity index (χ3n) is 2.83. The first-order valence-corrected chi connectivity index (χ1v) is 5.47. The van der Waals surface area contributed by atoms with Crippen LogP contribution in [0.4, 0.5) is 0 Å². The van der Waals surface area contributed by atoms with Crippen LogP contribution in [-0.4, -0.2) is 23.7 Å². The summed E-state index contributed by atoms with van der Waals surface area (Å²) in [6.07, 6.45) is 4.93. The normalized spacial score (nSPS) is 25.0. The summed E-state index contributed by atoms with van der Waals surface area (Å²) in [5, 5.41) is 12.3. The van der Waals surface area contributed by atoms with Crippen molar-refractivity contribution in [2.24, 2.45) is 0 Å². The average Bonchev–Trinajstić information content (AvgIpc) is 2.55. The number of rotatable bonds is 2. The molecule has 1 aliphatic heterocycles. The van der Waals surface area contributed by atoms with E-state index in [4.69, 9.17) is 0 Å². The molecule has 1 aromatic rings. The minimum Gasteiger partial charge on any atom is -0.480 e. The lowest BCUT2D eigenvalue weighted by molar-refractivity contribution is -0.139. The van der Waals surface area contributed by atoms with Gasteiger partial charge in [-0.05, 0) is 18.5 Å². The minimum atomic E-state index is -0.791. The van der Waals surface area contributed by atoms with Gasteiger partial charge in [0.05, 0.1) is 0 Å². The van der Waals surface area contributed by atoms with Gasteiger partial charge >= 0.3 is 5.97 Å². The molecule has 3 heteroatoms. The van der Waals surface area contributed by atoms with Gasteiger partial charge in [-0.3, -0.25) is 4.79 Å². The molecule has 2 N–H and O–H groups in total. The molecule has 84 valence electrons. The Balaban J connectivity index is 2.30. The van der Waals surface area contributed by atoms with Crippen molar-refractivity contribution in [1.82, 2.24) is 5.32 Å². The molecule has 16 heavy (non-hydrogen) atoms. The number of hydrogen-bond acceptors (Lipinski definition) is 2. The van der Waals surface area contributed by atoms with Gasteiger partial charge in [0.1, 0.15) is 6.04 Å². The molecule has 1 aliphatic rings. The second kappa shape index (κ2) is 4.94. The largest absolute Gasteiger partial charge is 0.480 e. The molecular formula is C13H15NO2. The van der Waals surface area contributed by atoms with Gasteiger partial charge in [-0.1, -0.05) is 42.5 Å². The topological polar surface area (TPSA) is 49.3 Å². The van der Waals surface area contributed by atoms with Crippen LogP contribution < -0.4 is 5.32 Å². The molecule has 0 unspecified atom stereocenters. The minimum absolute atomic E-state index is 0.0822. The van der Waals surface area contributed by atoms with Crippen LogP contribution in [0.3, 0.4) is 0 Å². The van der Waals surface area contributed by atoms with E-state index in [1.165, 1.54) is 0 Å². The number of nitrogens with one attached hydrogen (secondary N) is 1. The maximum Gasteiger partial charge on any atom is 0.321 e. The van der Waals surface area contributed by atoms with Crippen molar-refractivity contribution in [3.05, 3.63) is 48.0 Å². The number of carboxylic acid groups (broad SMARTS) is 1. The fourth-order valence-electron chi connectivity index (χ4n) is 2.02. The summed E-state index contributed by atoms with van der Waals surface area (Å²) < 4.78 is 0. The Labute approximate surface area is 94.8 Å². The van der Waals surface area contributed by atoms with Crippen LogP contribution in [0, 0.1) is 0 Å². The van der Waals surface area contributed by atoms with Crippen molar-refractivity contribution in [2.45, 2.75) is 18.4 Å². The van der Waals surface area contributed by atoms with Crippen LogP contribution >= 0.6 is 0 Å². The van der Waals surface area contributed by atoms with E-state index in [-0.39, 0.29) is 5.92 Å². The van der Waals surface area contributed by atoms with Gasteiger partial charge in [0.15, 0.2) is 0 Å². The molecule has 0 bridgehead atoms. The first kappa shape index (κ1) is 10.9. The number of benzene rings is 1. The lowest BCUT2D eigenvalue weighted by Gasteiger charge is -2.20. The van der Waals surface area contributed by atoms with Crippen molar-refractivity contribution < 1.29 is 9.90 Å². The highest BCUT2D eigenvalue weighted by Crippen LogP contribution is 2.23. The van der Waals surface area contributed by atoms with E-state index in [0.29, 0.717) is 0 Å². The molecule has 0 saturated heterocycles. The van der Waals surface area contributed by atoms with E-state index < -0.39 is 12.0 Å². The number of hydrogen-bond donors (Lipinski definition) is 2. The Kier molecular flexibility index (Phi) is 3.37. The van der Waals surface area contributed by atoms with Gasteiger partial charge in [-0.2, -0.15) is 0 Å². The van der Waals surface area contributed by atoms with Gasteiger partial charge < -0.3 is 10.4 Å². The fourth-order valence-corrected chi connectivity index (χ4v) is 2.02. The van der Waals surface area contributed by atoms with E-state index in [1.54, 1.807) is 0 Å². The third kappa shape index (κ3) is 2.31. The van der Waals surface area contributed by atoms with E-state index in [2.05, 4.69) is 5.32 Å². The van der Waals surface area contributed by atoms with Crippen LogP contribution in [0.1, 0.15) is 17.9 Å². The second-order valence-electron chi connectivity index (χ2n) is 3.92. The van der Waals surface area contributed by atoms with Crippen LogP contribution in [0.2, 0.25) is 0 Å². The highest BCUT2D eigenvalue weighted by Gasteiger charge is 2.27. The van der Waals surface area contributed by atoms with E-state index in [9.17, 15) is 9.90 Å². The van der Waals surface area contributed by atoms with Crippen molar-refractivity contribution >= 4 is 5.97 Å². The predicted octanol–water partition coefficient (Wildman–Crippen LogP) is 1.77.